The summed E-state index contributed by atoms with van der Waals surface area (Å²) < 4.78 is -0.333. The summed E-state index contributed by atoms with van der Waals surface area (Å²) >= 11 is 0. The zero-order valence-electron chi connectivity index (χ0n) is 8.42. The summed E-state index contributed by atoms with van der Waals surface area (Å²) in [6, 6.07) is 0. The van der Waals surface area contributed by atoms with E-state index in [0.717, 1.165) is 12.8 Å². The molecule has 0 aromatic heterocycles. The van der Waals surface area contributed by atoms with Gasteiger partial charge in [-0.25, -0.2) is 0 Å². The molecule has 1 heterocycles. The predicted molar refractivity (Wildman–Crippen MR) is 48.4 cm³/mol. The first-order valence-electron chi connectivity index (χ1n) is 4.50. The van der Waals surface area contributed by atoms with Crippen LogP contribution in [0.4, 0.5) is 0 Å². The lowest BCUT2D eigenvalue weighted by molar-refractivity contribution is -0.925. The normalized spacial score (nSPS) is 47.5. The summed E-state index contributed by atoms with van der Waals surface area (Å²) in [7, 11) is 1.65. The second-order valence-electron chi connectivity index (χ2n) is 4.76. The summed E-state index contributed by atoms with van der Waals surface area (Å²) in [5.74, 6) is 0. The van der Waals surface area contributed by atoms with Crippen LogP contribution in [0.1, 0.15) is 33.6 Å². The monoisotopic (exact) mass is 173 g/mol. The van der Waals surface area contributed by atoms with Gasteiger partial charge < -0.3 is 15.0 Å². The maximum Gasteiger partial charge on any atom is 0.122 e. The maximum atomic E-state index is 12.0. The number of likely N-dealkylation sites (tertiary alicyclic amines) is 1. The van der Waals surface area contributed by atoms with Crippen molar-refractivity contribution in [3.63, 3.8) is 0 Å². The van der Waals surface area contributed by atoms with Crippen molar-refractivity contribution in [1.82, 2.24) is 0 Å². The number of rotatable bonds is 0. The van der Waals surface area contributed by atoms with Gasteiger partial charge in [-0.1, -0.05) is 0 Å². The number of quaternary nitrogens is 1. The smallest absolute Gasteiger partial charge is 0.122 e. The van der Waals surface area contributed by atoms with Gasteiger partial charge in [-0.2, -0.15) is 0 Å². The third-order valence-corrected chi connectivity index (χ3v) is 3.75. The van der Waals surface area contributed by atoms with E-state index in [1.807, 2.05) is 13.8 Å². The number of nitrogens with zero attached hydrogens (tertiary/aromatic N) is 1. The van der Waals surface area contributed by atoms with Crippen LogP contribution in [0.15, 0.2) is 0 Å². The minimum atomic E-state index is -0.832. The van der Waals surface area contributed by atoms with Crippen molar-refractivity contribution in [2.45, 2.75) is 44.8 Å². The summed E-state index contributed by atoms with van der Waals surface area (Å²) in [4.78, 5) is 0. The standard InChI is InChI=1S/C9H19NO2/c1-8(2)9(3,11)6-5-7-10(8,4)12/h11H,5-7H2,1-4H3. The van der Waals surface area contributed by atoms with Crippen molar-refractivity contribution in [3.05, 3.63) is 5.21 Å². The van der Waals surface area contributed by atoms with Gasteiger partial charge in [0.05, 0.1) is 13.6 Å². The van der Waals surface area contributed by atoms with Gasteiger partial charge >= 0.3 is 0 Å². The first-order chi connectivity index (χ1) is 5.21. The van der Waals surface area contributed by atoms with Crippen molar-refractivity contribution in [3.8, 4) is 0 Å². The molecule has 3 heteroatoms. The van der Waals surface area contributed by atoms with E-state index in [-0.39, 0.29) is 4.65 Å². The third kappa shape index (κ3) is 1.16. The molecule has 0 aromatic carbocycles. The van der Waals surface area contributed by atoms with Crippen LogP contribution in [-0.4, -0.2) is 34.5 Å². The Bertz CT molecular complexity index is 167. The average Bonchev–Trinajstić information content (AvgIpc) is 1.83. The quantitative estimate of drug-likeness (QED) is 0.442. The van der Waals surface area contributed by atoms with Crippen LogP contribution in [0.2, 0.25) is 0 Å². The van der Waals surface area contributed by atoms with Gasteiger partial charge in [0.1, 0.15) is 11.1 Å². The number of likely N-dealkylation sites (N-methyl/N-ethyl adjacent to an activating group) is 1. The van der Waals surface area contributed by atoms with Crippen LogP contribution in [0, 0.1) is 5.21 Å². The van der Waals surface area contributed by atoms with Crippen molar-refractivity contribution in [1.29, 1.82) is 0 Å². The minimum absolute atomic E-state index is 0.333. The molecule has 72 valence electrons. The highest BCUT2D eigenvalue weighted by Gasteiger charge is 2.51. The third-order valence-electron chi connectivity index (χ3n) is 3.75. The molecular weight excluding hydrogens is 154 g/mol. The summed E-state index contributed by atoms with van der Waals surface area (Å²) in [6.45, 7) is 6.07. The number of hydrogen-bond acceptors (Lipinski definition) is 2. The lowest BCUT2D eigenvalue weighted by Gasteiger charge is -2.60. The molecule has 0 saturated carbocycles. The van der Waals surface area contributed by atoms with Crippen molar-refractivity contribution >= 4 is 0 Å². The zero-order chi connectivity index (χ0) is 9.62. The zero-order valence-corrected chi connectivity index (χ0v) is 8.42. The highest BCUT2D eigenvalue weighted by molar-refractivity contribution is 4.94. The number of hydroxylamine groups is 3. The molecular formula is C9H19NO2. The Balaban J connectivity index is 2.99. The lowest BCUT2D eigenvalue weighted by Crippen LogP contribution is -2.69. The van der Waals surface area contributed by atoms with Crippen LogP contribution < -0.4 is 0 Å². The topological polar surface area (TPSA) is 43.3 Å². The van der Waals surface area contributed by atoms with E-state index in [0.29, 0.717) is 6.54 Å². The highest BCUT2D eigenvalue weighted by atomic mass is 16.6. The van der Waals surface area contributed by atoms with Crippen LogP contribution in [0.25, 0.3) is 0 Å². The van der Waals surface area contributed by atoms with Gasteiger partial charge in [0.15, 0.2) is 0 Å². The van der Waals surface area contributed by atoms with Crippen molar-refractivity contribution < 1.29 is 9.75 Å². The Labute approximate surface area is 74.2 Å². The molecule has 1 aliphatic rings. The van der Waals surface area contributed by atoms with Crippen molar-refractivity contribution in [2.75, 3.05) is 13.6 Å². The Morgan fingerprint density at radius 1 is 1.33 bits per heavy atom. The summed E-state index contributed by atoms with van der Waals surface area (Å²) in [5, 5.41) is 22.0. The first-order valence-corrected chi connectivity index (χ1v) is 4.50. The Hall–Kier alpha value is -0.120. The number of piperidine rings is 1. The van der Waals surface area contributed by atoms with Gasteiger partial charge in [0.25, 0.3) is 0 Å². The number of aliphatic hydroxyl groups is 1. The molecule has 2 atom stereocenters. The number of hydrogen-bond donors (Lipinski definition) is 1. The molecule has 0 aliphatic carbocycles. The molecule has 1 saturated heterocycles. The van der Waals surface area contributed by atoms with Crippen LogP contribution in [0.3, 0.4) is 0 Å². The van der Waals surface area contributed by atoms with E-state index in [1.165, 1.54) is 0 Å². The fourth-order valence-electron chi connectivity index (χ4n) is 1.82. The molecule has 0 spiro atoms. The van der Waals surface area contributed by atoms with Gasteiger partial charge in [-0.15, -0.1) is 0 Å². The van der Waals surface area contributed by atoms with Crippen molar-refractivity contribution in [2.24, 2.45) is 0 Å². The summed E-state index contributed by atoms with van der Waals surface area (Å²) in [5.41, 5.74) is -1.42. The van der Waals surface area contributed by atoms with Gasteiger partial charge in [-0.05, 0) is 33.6 Å². The highest BCUT2D eigenvalue weighted by Crippen LogP contribution is 2.39. The largest absolute Gasteiger partial charge is 0.633 e. The molecule has 0 amide bonds. The van der Waals surface area contributed by atoms with Crippen LogP contribution >= 0.6 is 0 Å². The van der Waals surface area contributed by atoms with E-state index in [4.69, 9.17) is 0 Å². The molecule has 1 rings (SSSR count). The molecule has 12 heavy (non-hydrogen) atoms. The van der Waals surface area contributed by atoms with E-state index in [9.17, 15) is 10.3 Å². The Kier molecular flexibility index (Phi) is 2.02. The fourth-order valence-corrected chi connectivity index (χ4v) is 1.82. The molecule has 1 aliphatic heterocycles. The molecule has 0 aromatic rings. The Morgan fingerprint density at radius 3 is 2.17 bits per heavy atom. The molecule has 1 N–H and O–H groups in total. The van der Waals surface area contributed by atoms with E-state index in [1.54, 1.807) is 14.0 Å². The van der Waals surface area contributed by atoms with E-state index in [2.05, 4.69) is 0 Å². The van der Waals surface area contributed by atoms with Gasteiger partial charge in [-0.3, -0.25) is 0 Å². The summed E-state index contributed by atoms with van der Waals surface area (Å²) in [6.07, 6.45) is 1.55. The van der Waals surface area contributed by atoms with Crippen LogP contribution in [0.5, 0.6) is 0 Å². The minimum Gasteiger partial charge on any atom is -0.633 e. The lowest BCUT2D eigenvalue weighted by atomic mass is 9.76. The maximum absolute atomic E-state index is 12.0. The fraction of sp³-hybridized carbons (Fsp3) is 1.00. The average molecular weight is 173 g/mol. The van der Waals surface area contributed by atoms with E-state index >= 15 is 0 Å². The second kappa shape index (κ2) is 2.44. The Morgan fingerprint density at radius 2 is 1.83 bits per heavy atom. The second-order valence-corrected chi connectivity index (χ2v) is 4.76. The molecule has 0 bridgehead atoms. The molecule has 0 radical (unpaired) electrons. The first kappa shape index (κ1) is 9.96. The van der Waals surface area contributed by atoms with Crippen LogP contribution in [-0.2, 0) is 0 Å². The predicted octanol–water partition coefficient (Wildman–Crippen LogP) is 1.25. The van der Waals surface area contributed by atoms with Gasteiger partial charge in [0.2, 0.25) is 0 Å². The molecule has 1 fully saturated rings. The van der Waals surface area contributed by atoms with Gasteiger partial charge in [0, 0.05) is 0 Å². The molecule has 2 unspecified atom stereocenters. The van der Waals surface area contributed by atoms with E-state index < -0.39 is 11.1 Å². The SMILES string of the molecule is CC1(O)CCC[N+](C)([O-])C1(C)C. The molecule has 3 nitrogen and oxygen atoms in total.